The zero-order chi connectivity index (χ0) is 16.4. The lowest BCUT2D eigenvalue weighted by Gasteiger charge is -2.08. The van der Waals surface area contributed by atoms with Gasteiger partial charge in [-0.05, 0) is 39.7 Å². The van der Waals surface area contributed by atoms with Crippen molar-refractivity contribution in [1.29, 1.82) is 0 Å². The highest BCUT2D eigenvalue weighted by Crippen LogP contribution is 2.27. The Bertz CT molecular complexity index is 902. The van der Waals surface area contributed by atoms with Crippen molar-refractivity contribution >= 4 is 44.4 Å². The highest BCUT2D eigenvalue weighted by atomic mass is 79.9. The van der Waals surface area contributed by atoms with E-state index in [2.05, 4.69) is 21.2 Å². The van der Waals surface area contributed by atoms with Crippen LogP contribution in [0.4, 0.5) is 5.69 Å². The normalized spacial score (nSPS) is 10.7. The molecule has 0 radical (unpaired) electrons. The van der Waals surface area contributed by atoms with Gasteiger partial charge in [0, 0.05) is 11.1 Å². The fourth-order valence-corrected chi connectivity index (χ4v) is 2.77. The number of furan rings is 1. The first kappa shape index (κ1) is 15.3. The first-order valence-corrected chi connectivity index (χ1v) is 7.69. The van der Waals surface area contributed by atoms with E-state index in [9.17, 15) is 9.59 Å². The van der Waals surface area contributed by atoms with E-state index >= 15 is 0 Å². The Labute approximate surface area is 140 Å². The van der Waals surface area contributed by atoms with Crippen molar-refractivity contribution in [3.63, 3.8) is 0 Å². The summed E-state index contributed by atoms with van der Waals surface area (Å²) in [4.78, 5) is 23.5. The summed E-state index contributed by atoms with van der Waals surface area (Å²) in [5.41, 5.74) is 7.04. The molecule has 3 aromatic rings. The van der Waals surface area contributed by atoms with Gasteiger partial charge in [0.15, 0.2) is 5.76 Å². The topological polar surface area (TPSA) is 85.3 Å². The lowest BCUT2D eigenvalue weighted by atomic mass is 10.1. The monoisotopic (exact) mass is 372 g/mol. The number of hydrogen-bond donors (Lipinski definition) is 2. The molecule has 2 aromatic carbocycles. The molecule has 6 heteroatoms. The molecule has 0 aliphatic carbocycles. The van der Waals surface area contributed by atoms with Crippen LogP contribution in [0, 0.1) is 0 Å². The largest absolute Gasteiger partial charge is 0.450 e. The molecule has 0 atom stereocenters. The van der Waals surface area contributed by atoms with E-state index in [1.54, 1.807) is 30.3 Å². The molecule has 0 unspecified atom stereocenters. The first-order chi connectivity index (χ1) is 11.0. The second kappa shape index (κ2) is 6.26. The summed E-state index contributed by atoms with van der Waals surface area (Å²) < 4.78 is 6.38. The Kier molecular flexibility index (Phi) is 4.16. The highest BCUT2D eigenvalue weighted by molar-refractivity contribution is 9.10. The molecular weight excluding hydrogens is 360 g/mol. The fourth-order valence-electron chi connectivity index (χ4n) is 2.31. The van der Waals surface area contributed by atoms with E-state index < -0.39 is 5.91 Å². The minimum absolute atomic E-state index is 0.0577. The van der Waals surface area contributed by atoms with Gasteiger partial charge in [0.25, 0.3) is 5.91 Å². The standard InChI is InChI=1S/C17H13BrN2O3/c18-12-6-3-5-11-8-14(23-16(11)12)17(22)20-13-7-2-1-4-10(13)9-15(19)21/h1-8H,9H2,(H2,19,21)(H,20,22). The van der Waals surface area contributed by atoms with Gasteiger partial charge < -0.3 is 15.5 Å². The minimum atomic E-state index is -0.459. The zero-order valence-corrected chi connectivity index (χ0v) is 13.6. The van der Waals surface area contributed by atoms with Crippen LogP contribution in [-0.2, 0) is 11.2 Å². The minimum Gasteiger partial charge on any atom is -0.450 e. The number of benzene rings is 2. The van der Waals surface area contributed by atoms with Crippen molar-refractivity contribution in [2.24, 2.45) is 5.73 Å². The van der Waals surface area contributed by atoms with Crippen LogP contribution < -0.4 is 11.1 Å². The van der Waals surface area contributed by atoms with Crippen LogP contribution in [0.2, 0.25) is 0 Å². The summed E-state index contributed by atoms with van der Waals surface area (Å²) >= 11 is 3.39. The number of nitrogens with one attached hydrogen (secondary N) is 1. The molecule has 3 rings (SSSR count). The molecule has 5 nitrogen and oxygen atoms in total. The smallest absolute Gasteiger partial charge is 0.291 e. The third-order valence-corrected chi connectivity index (χ3v) is 3.97. The molecule has 0 aliphatic rings. The summed E-state index contributed by atoms with van der Waals surface area (Å²) in [6.45, 7) is 0. The Hall–Kier alpha value is -2.60. The van der Waals surface area contributed by atoms with E-state index in [1.165, 1.54) is 0 Å². The average molecular weight is 373 g/mol. The van der Waals surface area contributed by atoms with E-state index in [4.69, 9.17) is 10.2 Å². The Morgan fingerprint density at radius 3 is 2.65 bits per heavy atom. The number of amides is 2. The Morgan fingerprint density at radius 1 is 1.13 bits per heavy atom. The SMILES string of the molecule is NC(=O)Cc1ccccc1NC(=O)c1cc2cccc(Br)c2o1. The highest BCUT2D eigenvalue weighted by Gasteiger charge is 2.15. The number of nitrogens with two attached hydrogens (primary N) is 1. The van der Waals surface area contributed by atoms with Gasteiger partial charge in [-0.3, -0.25) is 9.59 Å². The zero-order valence-electron chi connectivity index (χ0n) is 12.0. The molecule has 0 spiro atoms. The summed E-state index contributed by atoms with van der Waals surface area (Å²) in [5, 5.41) is 3.59. The van der Waals surface area contributed by atoms with Crippen LogP contribution >= 0.6 is 15.9 Å². The van der Waals surface area contributed by atoms with Gasteiger partial charge in [0.05, 0.1) is 10.9 Å². The third-order valence-electron chi connectivity index (χ3n) is 3.35. The number of para-hydroxylation sites is 2. The predicted octanol–water partition coefficient (Wildman–Crippen LogP) is 3.48. The van der Waals surface area contributed by atoms with Crippen LogP contribution in [0.3, 0.4) is 0 Å². The molecule has 0 fully saturated rings. The molecule has 3 N–H and O–H groups in total. The Morgan fingerprint density at radius 2 is 1.91 bits per heavy atom. The van der Waals surface area contributed by atoms with Gasteiger partial charge in [-0.2, -0.15) is 0 Å². The summed E-state index contributed by atoms with van der Waals surface area (Å²) in [7, 11) is 0. The number of anilines is 1. The quantitative estimate of drug-likeness (QED) is 0.734. The van der Waals surface area contributed by atoms with Crippen molar-refractivity contribution in [2.75, 3.05) is 5.32 Å². The number of halogens is 1. The predicted molar refractivity (Wildman–Crippen MR) is 91.2 cm³/mol. The number of carbonyl (C=O) groups excluding carboxylic acids is 2. The first-order valence-electron chi connectivity index (χ1n) is 6.90. The molecule has 0 aliphatic heterocycles. The number of carbonyl (C=O) groups is 2. The number of fused-ring (bicyclic) bond motifs is 1. The fraction of sp³-hybridized carbons (Fsp3) is 0.0588. The maximum atomic E-state index is 12.4. The van der Waals surface area contributed by atoms with Crippen molar-refractivity contribution in [2.45, 2.75) is 6.42 Å². The molecule has 1 heterocycles. The van der Waals surface area contributed by atoms with Crippen LogP contribution in [0.25, 0.3) is 11.0 Å². The van der Waals surface area contributed by atoms with Gasteiger partial charge >= 0.3 is 0 Å². The van der Waals surface area contributed by atoms with Crippen LogP contribution in [0.5, 0.6) is 0 Å². The Balaban J connectivity index is 1.89. The lowest BCUT2D eigenvalue weighted by Crippen LogP contribution is -2.17. The van der Waals surface area contributed by atoms with Crippen LogP contribution in [0.1, 0.15) is 16.1 Å². The van der Waals surface area contributed by atoms with Gasteiger partial charge in [0.2, 0.25) is 5.91 Å². The molecule has 0 saturated carbocycles. The molecule has 0 bridgehead atoms. The molecule has 0 saturated heterocycles. The second-order valence-corrected chi connectivity index (χ2v) is 5.88. The van der Waals surface area contributed by atoms with Crippen molar-refractivity contribution < 1.29 is 14.0 Å². The summed E-state index contributed by atoms with van der Waals surface area (Å²) in [6.07, 6.45) is 0.0577. The van der Waals surface area contributed by atoms with E-state index in [0.717, 1.165) is 9.86 Å². The van der Waals surface area contributed by atoms with Crippen LogP contribution in [0.15, 0.2) is 57.4 Å². The van der Waals surface area contributed by atoms with Crippen LogP contribution in [-0.4, -0.2) is 11.8 Å². The number of hydrogen-bond acceptors (Lipinski definition) is 3. The lowest BCUT2D eigenvalue weighted by molar-refractivity contribution is -0.117. The third kappa shape index (κ3) is 3.27. The maximum absolute atomic E-state index is 12.4. The molecule has 116 valence electrons. The average Bonchev–Trinajstić information content (AvgIpc) is 2.94. The van der Waals surface area contributed by atoms with E-state index in [1.807, 2.05) is 18.2 Å². The molecule has 1 aromatic heterocycles. The molecule has 2 amide bonds. The van der Waals surface area contributed by atoms with Crippen molar-refractivity contribution in [1.82, 2.24) is 0 Å². The number of primary amides is 1. The van der Waals surface area contributed by atoms with Crippen molar-refractivity contribution in [3.8, 4) is 0 Å². The summed E-state index contributed by atoms with van der Waals surface area (Å²) in [6, 6.07) is 14.3. The van der Waals surface area contributed by atoms with Gasteiger partial charge in [0.1, 0.15) is 5.58 Å². The van der Waals surface area contributed by atoms with Gasteiger partial charge in [-0.25, -0.2) is 0 Å². The molecular formula is C17H13BrN2O3. The summed E-state index contributed by atoms with van der Waals surface area (Å²) in [5.74, 6) is -0.648. The van der Waals surface area contributed by atoms with Gasteiger partial charge in [-0.15, -0.1) is 0 Å². The maximum Gasteiger partial charge on any atom is 0.291 e. The number of rotatable bonds is 4. The van der Waals surface area contributed by atoms with E-state index in [-0.39, 0.29) is 18.1 Å². The second-order valence-electron chi connectivity index (χ2n) is 5.02. The van der Waals surface area contributed by atoms with Gasteiger partial charge in [-0.1, -0.05) is 30.3 Å². The van der Waals surface area contributed by atoms with Crippen molar-refractivity contribution in [3.05, 3.63) is 64.3 Å². The molecule has 23 heavy (non-hydrogen) atoms. The van der Waals surface area contributed by atoms with E-state index in [0.29, 0.717) is 16.8 Å².